The highest BCUT2D eigenvalue weighted by Gasteiger charge is 2.01. The average Bonchev–Trinajstić information content (AvgIpc) is 2.04. The summed E-state index contributed by atoms with van der Waals surface area (Å²) in [5.41, 5.74) is 0. The van der Waals surface area contributed by atoms with Gasteiger partial charge in [-0.25, -0.2) is 0 Å². The van der Waals surface area contributed by atoms with Gasteiger partial charge in [-0.2, -0.15) is 0 Å². The third-order valence-electron chi connectivity index (χ3n) is 1.48. The third kappa shape index (κ3) is 5.85. The maximum absolute atomic E-state index is 10.6. The number of rotatable bonds is 5. The topological polar surface area (TPSA) is 35.5 Å². The molecule has 0 amide bonds. The van der Waals surface area contributed by atoms with Crippen LogP contribution in [0.15, 0.2) is 0 Å². The van der Waals surface area contributed by atoms with E-state index in [-0.39, 0.29) is 12.1 Å². The van der Waals surface area contributed by atoms with Crippen LogP contribution in [0.3, 0.4) is 0 Å². The Morgan fingerprint density at radius 1 is 1.55 bits per heavy atom. The van der Waals surface area contributed by atoms with Crippen LogP contribution in [0.4, 0.5) is 0 Å². The summed E-state index contributed by atoms with van der Waals surface area (Å²) in [6, 6.07) is 0. The highest BCUT2D eigenvalue weighted by molar-refractivity contribution is 5.68. The molecule has 0 spiro atoms. The standard InChI is InChI=1S/C8H16O3/c1-4-8(9)11-6-5-7(2)10-3/h7H,4-6H2,1-3H3/t7-/m0/s1. The largest absolute Gasteiger partial charge is 0.466 e. The first-order valence-electron chi connectivity index (χ1n) is 3.89. The summed E-state index contributed by atoms with van der Waals surface area (Å²) in [4.78, 5) is 10.6. The molecule has 11 heavy (non-hydrogen) atoms. The predicted octanol–water partition coefficient (Wildman–Crippen LogP) is 1.36. The van der Waals surface area contributed by atoms with Gasteiger partial charge in [0.2, 0.25) is 0 Å². The molecule has 0 aliphatic heterocycles. The van der Waals surface area contributed by atoms with Crippen LogP contribution in [0.25, 0.3) is 0 Å². The van der Waals surface area contributed by atoms with Gasteiger partial charge >= 0.3 is 5.97 Å². The van der Waals surface area contributed by atoms with E-state index in [0.29, 0.717) is 13.0 Å². The smallest absolute Gasteiger partial charge is 0.305 e. The number of hydrogen-bond donors (Lipinski definition) is 0. The fourth-order valence-electron chi connectivity index (χ4n) is 0.559. The SMILES string of the molecule is CCC(=O)OCC[C@H](C)OC. The Morgan fingerprint density at radius 3 is 2.64 bits per heavy atom. The molecule has 0 aromatic heterocycles. The van der Waals surface area contributed by atoms with Crippen LogP contribution >= 0.6 is 0 Å². The molecule has 0 unspecified atom stereocenters. The zero-order chi connectivity index (χ0) is 8.69. The van der Waals surface area contributed by atoms with Crippen molar-refractivity contribution in [1.29, 1.82) is 0 Å². The number of esters is 1. The number of methoxy groups -OCH3 is 1. The fraction of sp³-hybridized carbons (Fsp3) is 0.875. The lowest BCUT2D eigenvalue weighted by Gasteiger charge is -2.08. The summed E-state index contributed by atoms with van der Waals surface area (Å²) in [5.74, 6) is -0.145. The molecule has 0 saturated heterocycles. The average molecular weight is 160 g/mol. The van der Waals surface area contributed by atoms with Crippen LogP contribution in [0, 0.1) is 0 Å². The van der Waals surface area contributed by atoms with Crippen molar-refractivity contribution in [3.63, 3.8) is 0 Å². The number of carbonyl (C=O) groups is 1. The molecule has 0 fully saturated rings. The molecular weight excluding hydrogens is 144 g/mol. The van der Waals surface area contributed by atoms with E-state index < -0.39 is 0 Å². The fourth-order valence-corrected chi connectivity index (χ4v) is 0.559. The van der Waals surface area contributed by atoms with Gasteiger partial charge in [-0.1, -0.05) is 6.92 Å². The van der Waals surface area contributed by atoms with Crippen molar-refractivity contribution in [2.75, 3.05) is 13.7 Å². The quantitative estimate of drug-likeness (QED) is 0.570. The second-order valence-corrected chi connectivity index (χ2v) is 2.41. The first-order valence-corrected chi connectivity index (χ1v) is 3.89. The van der Waals surface area contributed by atoms with E-state index in [1.165, 1.54) is 0 Å². The highest BCUT2D eigenvalue weighted by Crippen LogP contribution is 1.96. The lowest BCUT2D eigenvalue weighted by molar-refractivity contribution is -0.143. The molecule has 0 aliphatic rings. The molecular formula is C8H16O3. The van der Waals surface area contributed by atoms with E-state index in [1.807, 2.05) is 6.92 Å². The van der Waals surface area contributed by atoms with Gasteiger partial charge in [-0.05, 0) is 6.92 Å². The Labute approximate surface area is 67.7 Å². The number of ether oxygens (including phenoxy) is 2. The van der Waals surface area contributed by atoms with Crippen LogP contribution in [0.2, 0.25) is 0 Å². The molecule has 0 heterocycles. The first kappa shape index (κ1) is 10.4. The summed E-state index contributed by atoms with van der Waals surface area (Å²) < 4.78 is 9.82. The third-order valence-corrected chi connectivity index (χ3v) is 1.48. The molecule has 1 atom stereocenters. The Kier molecular flexibility index (Phi) is 5.84. The zero-order valence-corrected chi connectivity index (χ0v) is 7.42. The van der Waals surface area contributed by atoms with Crippen LogP contribution in [-0.2, 0) is 14.3 Å². The van der Waals surface area contributed by atoms with E-state index in [4.69, 9.17) is 9.47 Å². The molecule has 3 heteroatoms. The van der Waals surface area contributed by atoms with Gasteiger partial charge < -0.3 is 9.47 Å². The highest BCUT2D eigenvalue weighted by atomic mass is 16.5. The summed E-state index contributed by atoms with van der Waals surface area (Å²) in [6.45, 7) is 4.18. The first-order chi connectivity index (χ1) is 5.20. The molecule has 3 nitrogen and oxygen atoms in total. The van der Waals surface area contributed by atoms with Gasteiger partial charge in [0, 0.05) is 20.0 Å². The normalized spacial score (nSPS) is 12.6. The monoisotopic (exact) mass is 160 g/mol. The van der Waals surface area contributed by atoms with Crippen molar-refractivity contribution in [3.05, 3.63) is 0 Å². The van der Waals surface area contributed by atoms with Crippen molar-refractivity contribution >= 4 is 5.97 Å². The van der Waals surface area contributed by atoms with Crippen molar-refractivity contribution in [3.8, 4) is 0 Å². The van der Waals surface area contributed by atoms with Gasteiger partial charge in [0.05, 0.1) is 12.7 Å². The summed E-state index contributed by atoms with van der Waals surface area (Å²) in [7, 11) is 1.65. The van der Waals surface area contributed by atoms with Gasteiger partial charge in [0.1, 0.15) is 0 Å². The predicted molar refractivity (Wildman–Crippen MR) is 42.3 cm³/mol. The van der Waals surface area contributed by atoms with E-state index in [9.17, 15) is 4.79 Å². The van der Waals surface area contributed by atoms with Crippen LogP contribution in [0.5, 0.6) is 0 Å². The molecule has 0 bridgehead atoms. The van der Waals surface area contributed by atoms with Crippen LogP contribution < -0.4 is 0 Å². The van der Waals surface area contributed by atoms with Gasteiger partial charge in [-0.3, -0.25) is 4.79 Å². The van der Waals surface area contributed by atoms with Crippen LogP contribution in [0.1, 0.15) is 26.7 Å². The van der Waals surface area contributed by atoms with Gasteiger partial charge in [0.25, 0.3) is 0 Å². The summed E-state index contributed by atoms with van der Waals surface area (Å²) in [5, 5.41) is 0. The number of hydrogen-bond acceptors (Lipinski definition) is 3. The lowest BCUT2D eigenvalue weighted by atomic mass is 10.3. The maximum Gasteiger partial charge on any atom is 0.305 e. The van der Waals surface area contributed by atoms with E-state index in [0.717, 1.165) is 6.42 Å². The minimum absolute atomic E-state index is 0.145. The second-order valence-electron chi connectivity index (χ2n) is 2.41. The molecule has 0 radical (unpaired) electrons. The molecule has 0 saturated carbocycles. The van der Waals surface area contributed by atoms with Crippen molar-refractivity contribution in [1.82, 2.24) is 0 Å². The Balaban J connectivity index is 3.20. The molecule has 0 aromatic rings. The van der Waals surface area contributed by atoms with Crippen molar-refractivity contribution < 1.29 is 14.3 Å². The van der Waals surface area contributed by atoms with Gasteiger partial charge in [0.15, 0.2) is 0 Å². The molecule has 0 rings (SSSR count). The Morgan fingerprint density at radius 2 is 2.18 bits per heavy atom. The van der Waals surface area contributed by atoms with Crippen molar-refractivity contribution in [2.45, 2.75) is 32.8 Å². The summed E-state index contributed by atoms with van der Waals surface area (Å²) >= 11 is 0. The maximum atomic E-state index is 10.6. The molecule has 0 N–H and O–H groups in total. The van der Waals surface area contributed by atoms with E-state index >= 15 is 0 Å². The minimum Gasteiger partial charge on any atom is -0.466 e. The zero-order valence-electron chi connectivity index (χ0n) is 7.42. The summed E-state index contributed by atoms with van der Waals surface area (Å²) in [6.07, 6.45) is 1.38. The number of carbonyl (C=O) groups excluding carboxylic acids is 1. The Hall–Kier alpha value is -0.570. The van der Waals surface area contributed by atoms with Gasteiger partial charge in [-0.15, -0.1) is 0 Å². The van der Waals surface area contributed by atoms with Crippen molar-refractivity contribution in [2.24, 2.45) is 0 Å². The Bertz CT molecular complexity index is 112. The second kappa shape index (κ2) is 6.16. The molecule has 0 aromatic carbocycles. The molecule has 66 valence electrons. The van der Waals surface area contributed by atoms with E-state index in [1.54, 1.807) is 14.0 Å². The lowest BCUT2D eigenvalue weighted by Crippen LogP contribution is -2.11. The minimum atomic E-state index is -0.145. The van der Waals surface area contributed by atoms with E-state index in [2.05, 4.69) is 0 Å². The van der Waals surface area contributed by atoms with Crippen LogP contribution in [-0.4, -0.2) is 25.8 Å². The molecule has 0 aliphatic carbocycles.